The van der Waals surface area contributed by atoms with Crippen LogP contribution in [0, 0.1) is 5.92 Å². The summed E-state index contributed by atoms with van der Waals surface area (Å²) in [5.74, 6) is 1.25. The fraction of sp³-hybridized carbons (Fsp3) is 0.429. The summed E-state index contributed by atoms with van der Waals surface area (Å²) in [6.07, 6.45) is 6.72. The topological polar surface area (TPSA) is 60.0 Å². The molecule has 2 aromatic heterocycles. The summed E-state index contributed by atoms with van der Waals surface area (Å²) in [7, 11) is 2.17. The average Bonchev–Trinajstić information content (AvgIpc) is 3.00. The largest absolute Gasteiger partial charge is 0.383 e. The molecule has 0 bridgehead atoms. The molecule has 5 nitrogen and oxygen atoms in total. The molecule has 1 unspecified atom stereocenters. The fourth-order valence-electron chi connectivity index (χ4n) is 2.78. The molecular formula is C14H19N5. The third kappa shape index (κ3) is 2.46. The van der Waals surface area contributed by atoms with Crippen LogP contribution in [0.3, 0.4) is 0 Å². The number of rotatable bonds is 3. The molecule has 1 aliphatic rings. The summed E-state index contributed by atoms with van der Waals surface area (Å²) in [5, 5.41) is 0. The Morgan fingerprint density at radius 3 is 3.11 bits per heavy atom. The van der Waals surface area contributed by atoms with Gasteiger partial charge in [0.05, 0.1) is 18.2 Å². The van der Waals surface area contributed by atoms with Crippen molar-refractivity contribution in [3.63, 3.8) is 0 Å². The highest BCUT2D eigenvalue weighted by Crippen LogP contribution is 2.25. The van der Waals surface area contributed by atoms with Gasteiger partial charge in [-0.1, -0.05) is 0 Å². The second kappa shape index (κ2) is 5.01. The van der Waals surface area contributed by atoms with Gasteiger partial charge in [-0.15, -0.1) is 0 Å². The Kier molecular flexibility index (Phi) is 3.21. The lowest BCUT2D eigenvalue weighted by Crippen LogP contribution is -2.17. The predicted octanol–water partition coefficient (Wildman–Crippen LogP) is 1.48. The highest BCUT2D eigenvalue weighted by atomic mass is 15.1. The summed E-state index contributed by atoms with van der Waals surface area (Å²) in [5.41, 5.74) is 7.97. The maximum atomic E-state index is 5.95. The number of anilines is 1. The Hall–Kier alpha value is -1.88. The first-order valence-electron chi connectivity index (χ1n) is 6.63. The SMILES string of the molecule is CN1CCC(Cn2cncc2-c2cccnc2N)C1. The molecule has 1 fully saturated rings. The van der Waals surface area contributed by atoms with Gasteiger partial charge in [0.2, 0.25) is 0 Å². The van der Waals surface area contributed by atoms with E-state index in [-0.39, 0.29) is 0 Å². The first-order chi connectivity index (χ1) is 9.24. The van der Waals surface area contributed by atoms with Crippen molar-refractivity contribution in [1.82, 2.24) is 19.4 Å². The molecule has 3 heterocycles. The molecule has 2 N–H and O–H groups in total. The third-order valence-electron chi connectivity index (χ3n) is 3.77. The molecule has 1 aliphatic heterocycles. The third-order valence-corrected chi connectivity index (χ3v) is 3.77. The molecule has 1 atom stereocenters. The summed E-state index contributed by atoms with van der Waals surface area (Å²) >= 11 is 0. The Bertz CT molecular complexity index is 562. The summed E-state index contributed by atoms with van der Waals surface area (Å²) < 4.78 is 2.19. The monoisotopic (exact) mass is 257 g/mol. The van der Waals surface area contributed by atoms with E-state index in [4.69, 9.17) is 5.73 Å². The molecule has 100 valence electrons. The Labute approximate surface area is 113 Å². The van der Waals surface area contributed by atoms with Crippen molar-refractivity contribution in [2.24, 2.45) is 5.92 Å². The van der Waals surface area contributed by atoms with Gasteiger partial charge in [-0.25, -0.2) is 9.97 Å². The lowest BCUT2D eigenvalue weighted by molar-refractivity contribution is 0.378. The number of nitrogens with zero attached hydrogens (tertiary/aromatic N) is 4. The van der Waals surface area contributed by atoms with E-state index in [1.165, 1.54) is 13.0 Å². The Morgan fingerprint density at radius 1 is 1.47 bits per heavy atom. The second-order valence-electron chi connectivity index (χ2n) is 5.28. The van der Waals surface area contributed by atoms with E-state index >= 15 is 0 Å². The van der Waals surface area contributed by atoms with Gasteiger partial charge in [-0.2, -0.15) is 0 Å². The van der Waals surface area contributed by atoms with Gasteiger partial charge in [0.1, 0.15) is 5.82 Å². The smallest absolute Gasteiger partial charge is 0.132 e. The van der Waals surface area contributed by atoms with Crippen molar-refractivity contribution in [3.05, 3.63) is 30.9 Å². The molecule has 1 saturated heterocycles. The van der Waals surface area contributed by atoms with Crippen LogP contribution in [-0.2, 0) is 6.54 Å². The highest BCUT2D eigenvalue weighted by Gasteiger charge is 2.21. The summed E-state index contributed by atoms with van der Waals surface area (Å²) in [4.78, 5) is 10.8. The quantitative estimate of drug-likeness (QED) is 0.904. The van der Waals surface area contributed by atoms with Crippen LogP contribution in [-0.4, -0.2) is 39.6 Å². The fourth-order valence-corrected chi connectivity index (χ4v) is 2.78. The van der Waals surface area contributed by atoms with Gasteiger partial charge in [0.25, 0.3) is 0 Å². The number of nitrogen functional groups attached to an aromatic ring is 1. The molecular weight excluding hydrogens is 238 g/mol. The van der Waals surface area contributed by atoms with Crippen LogP contribution in [0.2, 0.25) is 0 Å². The van der Waals surface area contributed by atoms with E-state index in [9.17, 15) is 0 Å². The number of nitrogens with two attached hydrogens (primary N) is 1. The van der Waals surface area contributed by atoms with Crippen LogP contribution in [0.4, 0.5) is 5.82 Å². The zero-order chi connectivity index (χ0) is 13.2. The van der Waals surface area contributed by atoms with E-state index in [0.717, 1.165) is 24.3 Å². The number of likely N-dealkylation sites (tertiary alicyclic amines) is 1. The van der Waals surface area contributed by atoms with E-state index in [0.29, 0.717) is 11.7 Å². The maximum absolute atomic E-state index is 5.95. The molecule has 5 heteroatoms. The van der Waals surface area contributed by atoms with Crippen LogP contribution >= 0.6 is 0 Å². The van der Waals surface area contributed by atoms with Crippen LogP contribution < -0.4 is 5.73 Å². The van der Waals surface area contributed by atoms with Crippen molar-refractivity contribution < 1.29 is 0 Å². The zero-order valence-electron chi connectivity index (χ0n) is 11.2. The normalized spacial score (nSPS) is 19.9. The maximum Gasteiger partial charge on any atom is 0.132 e. The minimum absolute atomic E-state index is 0.563. The van der Waals surface area contributed by atoms with Crippen LogP contribution in [0.15, 0.2) is 30.9 Å². The second-order valence-corrected chi connectivity index (χ2v) is 5.28. The predicted molar refractivity (Wildman–Crippen MR) is 75.5 cm³/mol. The van der Waals surface area contributed by atoms with Gasteiger partial charge in [-0.3, -0.25) is 0 Å². The number of aromatic nitrogens is 3. The van der Waals surface area contributed by atoms with Gasteiger partial charge < -0.3 is 15.2 Å². The first kappa shape index (κ1) is 12.2. The van der Waals surface area contributed by atoms with Crippen molar-refractivity contribution in [2.45, 2.75) is 13.0 Å². The van der Waals surface area contributed by atoms with Gasteiger partial charge in [0, 0.05) is 24.8 Å². The lowest BCUT2D eigenvalue weighted by Gasteiger charge is -2.14. The molecule has 2 aromatic rings. The standard InChI is InChI=1S/C14H19N5/c1-18-6-4-11(8-18)9-19-10-16-7-13(19)12-3-2-5-17-14(12)15/h2-3,5,7,10-11H,4,6,8-9H2,1H3,(H2,15,17). The molecule has 0 aliphatic carbocycles. The molecule has 0 radical (unpaired) electrons. The minimum atomic E-state index is 0.563. The number of hydrogen-bond donors (Lipinski definition) is 1. The van der Waals surface area contributed by atoms with Crippen molar-refractivity contribution in [3.8, 4) is 11.3 Å². The van der Waals surface area contributed by atoms with Crippen molar-refractivity contribution >= 4 is 5.82 Å². The molecule has 3 rings (SSSR count). The van der Waals surface area contributed by atoms with Crippen LogP contribution in [0.5, 0.6) is 0 Å². The first-order valence-corrected chi connectivity index (χ1v) is 6.63. The van der Waals surface area contributed by atoms with E-state index in [1.54, 1.807) is 6.20 Å². The summed E-state index contributed by atoms with van der Waals surface area (Å²) in [6, 6.07) is 3.91. The Balaban J connectivity index is 1.85. The molecule has 19 heavy (non-hydrogen) atoms. The van der Waals surface area contributed by atoms with E-state index in [1.807, 2.05) is 24.7 Å². The summed E-state index contributed by atoms with van der Waals surface area (Å²) in [6.45, 7) is 3.33. The number of pyridine rings is 1. The molecule has 0 saturated carbocycles. The number of imidazole rings is 1. The van der Waals surface area contributed by atoms with Crippen LogP contribution in [0.1, 0.15) is 6.42 Å². The average molecular weight is 257 g/mol. The number of hydrogen-bond acceptors (Lipinski definition) is 4. The van der Waals surface area contributed by atoms with Crippen molar-refractivity contribution in [2.75, 3.05) is 25.9 Å². The van der Waals surface area contributed by atoms with Gasteiger partial charge in [-0.05, 0) is 38.1 Å². The molecule has 0 spiro atoms. The van der Waals surface area contributed by atoms with E-state index in [2.05, 4.69) is 26.5 Å². The van der Waals surface area contributed by atoms with Gasteiger partial charge in [0.15, 0.2) is 0 Å². The minimum Gasteiger partial charge on any atom is -0.383 e. The molecule has 0 aromatic carbocycles. The van der Waals surface area contributed by atoms with Gasteiger partial charge >= 0.3 is 0 Å². The Morgan fingerprint density at radius 2 is 2.37 bits per heavy atom. The molecule has 0 amide bonds. The van der Waals surface area contributed by atoms with Crippen molar-refractivity contribution in [1.29, 1.82) is 0 Å². The van der Waals surface area contributed by atoms with Crippen LogP contribution in [0.25, 0.3) is 11.3 Å². The zero-order valence-corrected chi connectivity index (χ0v) is 11.2. The van der Waals surface area contributed by atoms with E-state index < -0.39 is 0 Å². The highest BCUT2D eigenvalue weighted by molar-refractivity contribution is 5.70. The lowest BCUT2D eigenvalue weighted by atomic mass is 10.1.